The Morgan fingerprint density at radius 1 is 1.28 bits per heavy atom. The van der Waals surface area contributed by atoms with Gasteiger partial charge in [-0.2, -0.15) is 4.98 Å². The van der Waals surface area contributed by atoms with Gasteiger partial charge in [-0.05, 0) is 23.6 Å². The molecule has 29 heavy (non-hydrogen) atoms. The molecule has 2 aromatic heterocycles. The van der Waals surface area contributed by atoms with Gasteiger partial charge in [0, 0.05) is 32.5 Å². The Morgan fingerprint density at radius 3 is 2.83 bits per heavy atom. The van der Waals surface area contributed by atoms with E-state index in [1.165, 1.54) is 5.56 Å². The van der Waals surface area contributed by atoms with Gasteiger partial charge in [-0.25, -0.2) is 0 Å². The molecule has 0 spiro atoms. The minimum absolute atomic E-state index is 0. The zero-order valence-electron chi connectivity index (χ0n) is 16.3. The third-order valence-corrected chi connectivity index (χ3v) is 5.14. The maximum atomic E-state index is 12.9. The number of aryl methyl sites for hydroxylation is 2. The van der Waals surface area contributed by atoms with Gasteiger partial charge < -0.3 is 19.2 Å². The average molecular weight is 417 g/mol. The molecule has 1 aliphatic heterocycles. The van der Waals surface area contributed by atoms with E-state index in [0.717, 1.165) is 30.6 Å². The van der Waals surface area contributed by atoms with E-state index in [1.54, 1.807) is 18.6 Å². The van der Waals surface area contributed by atoms with Gasteiger partial charge >= 0.3 is 0 Å². The van der Waals surface area contributed by atoms with E-state index < -0.39 is 0 Å². The summed E-state index contributed by atoms with van der Waals surface area (Å²) in [6.45, 7) is 4.41. The predicted octanol–water partition coefficient (Wildman–Crippen LogP) is 3.42. The van der Waals surface area contributed by atoms with Gasteiger partial charge in [-0.1, -0.05) is 36.3 Å². The number of piperazine rings is 1. The molecule has 1 fully saturated rings. The molecule has 0 saturated carbocycles. The van der Waals surface area contributed by atoms with E-state index >= 15 is 0 Å². The molecule has 1 amide bonds. The number of benzene rings is 1. The summed E-state index contributed by atoms with van der Waals surface area (Å²) in [5.41, 5.74) is 3.23. The maximum absolute atomic E-state index is 12.9. The third kappa shape index (κ3) is 4.86. The van der Waals surface area contributed by atoms with Crippen molar-refractivity contribution in [2.45, 2.75) is 32.2 Å². The highest BCUT2D eigenvalue weighted by atomic mass is 35.5. The first kappa shape index (κ1) is 21.1. The van der Waals surface area contributed by atoms with Gasteiger partial charge in [-0.15, -0.1) is 12.4 Å². The standard InChI is InChI=1S/C21H24N4O3.ClH/c1-2-15-3-5-16(6-4-15)18-13-22-10-11-25(18)20(26)8-7-19-23-21(24-28-19)17-9-12-27-14-17;/h3-6,9,12,14,18,22H,2,7-8,10-11,13H2,1H3;1H. The van der Waals surface area contributed by atoms with Crippen molar-refractivity contribution in [2.75, 3.05) is 19.6 Å². The topological polar surface area (TPSA) is 84.4 Å². The third-order valence-electron chi connectivity index (χ3n) is 5.14. The van der Waals surface area contributed by atoms with Crippen LogP contribution in [0.25, 0.3) is 11.4 Å². The van der Waals surface area contributed by atoms with Crippen LogP contribution in [0.1, 0.15) is 36.4 Å². The van der Waals surface area contributed by atoms with Gasteiger partial charge in [-0.3, -0.25) is 4.79 Å². The fourth-order valence-corrected chi connectivity index (χ4v) is 3.50. The first-order valence-corrected chi connectivity index (χ1v) is 9.68. The van der Waals surface area contributed by atoms with Crippen molar-refractivity contribution in [3.63, 3.8) is 0 Å². The molecule has 1 aromatic carbocycles. The molecule has 154 valence electrons. The molecule has 8 heteroatoms. The SMILES string of the molecule is CCc1ccc(C2CNCCN2C(=O)CCc2nc(-c3ccoc3)no2)cc1.Cl. The Morgan fingerprint density at radius 2 is 2.10 bits per heavy atom. The van der Waals surface area contributed by atoms with Gasteiger partial charge in [0.05, 0.1) is 17.9 Å². The highest BCUT2D eigenvalue weighted by Gasteiger charge is 2.28. The van der Waals surface area contributed by atoms with Crippen molar-refractivity contribution < 1.29 is 13.7 Å². The normalized spacial score (nSPS) is 16.4. The Bertz CT molecular complexity index is 908. The molecule has 1 N–H and O–H groups in total. The van der Waals surface area contributed by atoms with Gasteiger partial charge in [0.1, 0.15) is 6.26 Å². The van der Waals surface area contributed by atoms with E-state index in [4.69, 9.17) is 8.94 Å². The van der Waals surface area contributed by atoms with E-state index in [2.05, 4.69) is 46.6 Å². The van der Waals surface area contributed by atoms with Crippen LogP contribution >= 0.6 is 12.4 Å². The number of hydrogen-bond donors (Lipinski definition) is 1. The second-order valence-electron chi connectivity index (χ2n) is 6.93. The summed E-state index contributed by atoms with van der Waals surface area (Å²) in [5.74, 6) is 1.05. The molecule has 4 rings (SSSR count). The number of amides is 1. The van der Waals surface area contributed by atoms with Gasteiger partial charge in [0.15, 0.2) is 0 Å². The van der Waals surface area contributed by atoms with Crippen molar-refractivity contribution in [3.8, 4) is 11.4 Å². The Kier molecular flexibility index (Phi) is 7.06. The average Bonchev–Trinajstić information content (AvgIpc) is 3.44. The highest BCUT2D eigenvalue weighted by molar-refractivity contribution is 5.85. The molecule has 7 nitrogen and oxygen atoms in total. The number of nitrogens with zero attached hydrogens (tertiary/aromatic N) is 3. The molecule has 1 saturated heterocycles. The summed E-state index contributed by atoms with van der Waals surface area (Å²) < 4.78 is 10.3. The number of aromatic nitrogens is 2. The first-order valence-electron chi connectivity index (χ1n) is 9.68. The Labute approximate surface area is 175 Å². The second-order valence-corrected chi connectivity index (χ2v) is 6.93. The lowest BCUT2D eigenvalue weighted by Crippen LogP contribution is -2.48. The van der Waals surface area contributed by atoms with Crippen molar-refractivity contribution in [3.05, 3.63) is 59.9 Å². The van der Waals surface area contributed by atoms with Crippen LogP contribution in [0.3, 0.4) is 0 Å². The zero-order chi connectivity index (χ0) is 19.3. The number of carbonyl (C=O) groups excluding carboxylic acids is 1. The molecule has 3 heterocycles. The number of nitrogens with one attached hydrogen (secondary N) is 1. The molecular weight excluding hydrogens is 392 g/mol. The van der Waals surface area contributed by atoms with E-state index in [1.807, 2.05) is 4.90 Å². The molecule has 0 bridgehead atoms. The summed E-state index contributed by atoms with van der Waals surface area (Å²) >= 11 is 0. The minimum atomic E-state index is 0. The molecule has 1 unspecified atom stereocenters. The van der Waals surface area contributed by atoms with Crippen molar-refractivity contribution >= 4 is 18.3 Å². The molecule has 1 aliphatic rings. The number of hydrogen-bond acceptors (Lipinski definition) is 6. The van der Waals surface area contributed by atoms with Crippen LogP contribution in [-0.4, -0.2) is 40.6 Å². The van der Waals surface area contributed by atoms with Gasteiger partial charge in [0.2, 0.25) is 17.6 Å². The van der Waals surface area contributed by atoms with Crippen LogP contribution in [0, 0.1) is 0 Å². The van der Waals surface area contributed by atoms with Gasteiger partial charge in [0.25, 0.3) is 0 Å². The Hall–Kier alpha value is -2.64. The van der Waals surface area contributed by atoms with Crippen LogP contribution in [0.4, 0.5) is 0 Å². The number of halogens is 1. The van der Waals surface area contributed by atoms with Crippen LogP contribution < -0.4 is 5.32 Å². The lowest BCUT2D eigenvalue weighted by atomic mass is 10.0. The lowest BCUT2D eigenvalue weighted by molar-refractivity contribution is -0.134. The monoisotopic (exact) mass is 416 g/mol. The van der Waals surface area contributed by atoms with Crippen LogP contribution in [-0.2, 0) is 17.6 Å². The van der Waals surface area contributed by atoms with Crippen LogP contribution in [0.15, 0.2) is 51.8 Å². The van der Waals surface area contributed by atoms with Crippen molar-refractivity contribution in [1.29, 1.82) is 0 Å². The fourth-order valence-electron chi connectivity index (χ4n) is 3.50. The summed E-state index contributed by atoms with van der Waals surface area (Å²) in [6.07, 6.45) is 4.91. The van der Waals surface area contributed by atoms with Crippen LogP contribution in [0.2, 0.25) is 0 Å². The predicted molar refractivity (Wildman–Crippen MR) is 111 cm³/mol. The molecule has 0 aliphatic carbocycles. The summed E-state index contributed by atoms with van der Waals surface area (Å²) in [7, 11) is 0. The van der Waals surface area contributed by atoms with Crippen molar-refractivity contribution in [2.24, 2.45) is 0 Å². The lowest BCUT2D eigenvalue weighted by Gasteiger charge is -2.36. The maximum Gasteiger partial charge on any atom is 0.227 e. The van der Waals surface area contributed by atoms with E-state index in [0.29, 0.717) is 31.1 Å². The number of rotatable bonds is 6. The minimum Gasteiger partial charge on any atom is -0.472 e. The van der Waals surface area contributed by atoms with Crippen LogP contribution in [0.5, 0.6) is 0 Å². The molecular formula is C21H25ClN4O3. The van der Waals surface area contributed by atoms with E-state index in [9.17, 15) is 4.79 Å². The summed E-state index contributed by atoms with van der Waals surface area (Å²) in [5, 5.41) is 7.34. The molecule has 3 aromatic rings. The zero-order valence-corrected chi connectivity index (χ0v) is 17.2. The fraction of sp³-hybridized carbons (Fsp3) is 0.381. The molecule has 0 radical (unpaired) electrons. The number of furan rings is 1. The smallest absolute Gasteiger partial charge is 0.227 e. The highest BCUT2D eigenvalue weighted by Crippen LogP contribution is 2.24. The Balaban J connectivity index is 0.00000240. The quantitative estimate of drug-likeness (QED) is 0.662. The summed E-state index contributed by atoms with van der Waals surface area (Å²) in [4.78, 5) is 19.2. The summed E-state index contributed by atoms with van der Waals surface area (Å²) in [6, 6.07) is 10.4. The number of carbonyl (C=O) groups is 1. The van der Waals surface area contributed by atoms with Crippen molar-refractivity contribution in [1.82, 2.24) is 20.4 Å². The van der Waals surface area contributed by atoms with E-state index in [-0.39, 0.29) is 24.4 Å². The second kappa shape index (κ2) is 9.71. The first-order chi connectivity index (χ1) is 13.7. The largest absolute Gasteiger partial charge is 0.472 e. The molecule has 1 atom stereocenters.